The SMILES string of the molecule is CN(Cc1ccc(Br)s1)C(=O)CCC(=O)c1ccc(Cl)s1. The van der Waals surface area contributed by atoms with Gasteiger partial charge < -0.3 is 4.90 Å². The van der Waals surface area contributed by atoms with Gasteiger partial charge in [-0.15, -0.1) is 22.7 Å². The van der Waals surface area contributed by atoms with E-state index in [1.807, 2.05) is 12.1 Å². The van der Waals surface area contributed by atoms with Crippen LogP contribution >= 0.6 is 50.2 Å². The van der Waals surface area contributed by atoms with Gasteiger partial charge in [-0.05, 0) is 40.2 Å². The molecule has 112 valence electrons. The van der Waals surface area contributed by atoms with Gasteiger partial charge in [0.05, 0.1) is 19.5 Å². The fourth-order valence-corrected chi connectivity index (χ4v) is 4.30. The van der Waals surface area contributed by atoms with E-state index in [0.29, 0.717) is 15.8 Å². The number of carbonyl (C=O) groups excluding carboxylic acids is 2. The van der Waals surface area contributed by atoms with Crippen LogP contribution in [0.3, 0.4) is 0 Å². The molecule has 0 aliphatic rings. The first-order valence-corrected chi connectivity index (χ1v) is 9.03. The van der Waals surface area contributed by atoms with E-state index >= 15 is 0 Å². The number of hydrogen-bond donors (Lipinski definition) is 0. The third-order valence-electron chi connectivity index (χ3n) is 2.86. The lowest BCUT2D eigenvalue weighted by molar-refractivity contribution is -0.130. The zero-order chi connectivity index (χ0) is 15.4. The lowest BCUT2D eigenvalue weighted by Crippen LogP contribution is -2.26. The molecule has 7 heteroatoms. The monoisotopic (exact) mass is 405 g/mol. The first kappa shape index (κ1) is 16.7. The molecule has 2 heterocycles. The summed E-state index contributed by atoms with van der Waals surface area (Å²) in [6.07, 6.45) is 0.436. The molecule has 21 heavy (non-hydrogen) atoms. The lowest BCUT2D eigenvalue weighted by atomic mass is 10.2. The van der Waals surface area contributed by atoms with Gasteiger partial charge in [-0.2, -0.15) is 0 Å². The molecule has 0 fully saturated rings. The van der Waals surface area contributed by atoms with Crippen LogP contribution in [0.4, 0.5) is 0 Å². The highest BCUT2D eigenvalue weighted by Crippen LogP contribution is 2.24. The molecule has 0 aliphatic carbocycles. The van der Waals surface area contributed by atoms with E-state index in [1.54, 1.807) is 35.4 Å². The van der Waals surface area contributed by atoms with Crippen molar-refractivity contribution in [2.75, 3.05) is 7.05 Å². The van der Waals surface area contributed by atoms with E-state index in [-0.39, 0.29) is 24.5 Å². The summed E-state index contributed by atoms with van der Waals surface area (Å²) < 4.78 is 1.63. The fourth-order valence-electron chi connectivity index (χ4n) is 1.76. The second-order valence-electron chi connectivity index (χ2n) is 4.48. The maximum Gasteiger partial charge on any atom is 0.223 e. The van der Waals surface area contributed by atoms with Gasteiger partial charge in [0.25, 0.3) is 0 Å². The van der Waals surface area contributed by atoms with E-state index in [1.165, 1.54) is 11.3 Å². The molecule has 1 amide bonds. The van der Waals surface area contributed by atoms with Crippen LogP contribution in [0.5, 0.6) is 0 Å². The number of Topliss-reactive ketones (excluding diaryl/α,β-unsaturated/α-hetero) is 1. The van der Waals surface area contributed by atoms with Crippen LogP contribution in [-0.2, 0) is 11.3 Å². The second kappa shape index (κ2) is 7.54. The average Bonchev–Trinajstić information content (AvgIpc) is 3.04. The summed E-state index contributed by atoms with van der Waals surface area (Å²) in [6, 6.07) is 7.34. The van der Waals surface area contributed by atoms with Gasteiger partial charge >= 0.3 is 0 Å². The number of carbonyl (C=O) groups is 2. The summed E-state index contributed by atoms with van der Waals surface area (Å²) in [6.45, 7) is 0.564. The summed E-state index contributed by atoms with van der Waals surface area (Å²) in [5.41, 5.74) is 0. The first-order valence-electron chi connectivity index (χ1n) is 6.22. The van der Waals surface area contributed by atoms with Crippen LogP contribution < -0.4 is 0 Å². The minimum absolute atomic E-state index is 0.0319. The summed E-state index contributed by atoms with van der Waals surface area (Å²) in [7, 11) is 1.75. The molecule has 0 bridgehead atoms. The Morgan fingerprint density at radius 2 is 1.95 bits per heavy atom. The van der Waals surface area contributed by atoms with E-state index in [9.17, 15) is 9.59 Å². The molecule has 3 nitrogen and oxygen atoms in total. The molecule has 2 aromatic rings. The van der Waals surface area contributed by atoms with E-state index in [0.717, 1.165) is 8.66 Å². The van der Waals surface area contributed by atoms with Crippen molar-refractivity contribution in [3.8, 4) is 0 Å². The van der Waals surface area contributed by atoms with E-state index < -0.39 is 0 Å². The topological polar surface area (TPSA) is 37.4 Å². The molecule has 0 aromatic carbocycles. The number of thiophene rings is 2. The number of hydrogen-bond acceptors (Lipinski definition) is 4. The van der Waals surface area contributed by atoms with E-state index in [2.05, 4.69) is 15.9 Å². The number of ketones is 1. The average molecular weight is 407 g/mol. The molecule has 0 radical (unpaired) electrons. The Morgan fingerprint density at radius 1 is 1.19 bits per heavy atom. The summed E-state index contributed by atoms with van der Waals surface area (Å²) in [4.78, 5) is 27.3. The largest absolute Gasteiger partial charge is 0.341 e. The molecule has 0 aliphatic heterocycles. The Balaban J connectivity index is 1.82. The van der Waals surface area contributed by atoms with Crippen LogP contribution in [0.1, 0.15) is 27.4 Å². The smallest absolute Gasteiger partial charge is 0.223 e. The fraction of sp³-hybridized carbons (Fsp3) is 0.286. The maximum atomic E-state index is 12.0. The number of halogens is 2. The Labute approximate surface area is 144 Å². The third-order valence-corrected chi connectivity index (χ3v) is 5.74. The van der Waals surface area contributed by atoms with Crippen molar-refractivity contribution in [3.05, 3.63) is 42.1 Å². The molecule has 0 saturated heterocycles. The first-order chi connectivity index (χ1) is 9.95. The van der Waals surface area contributed by atoms with Crippen LogP contribution in [0.25, 0.3) is 0 Å². The van der Waals surface area contributed by atoms with E-state index in [4.69, 9.17) is 11.6 Å². The summed E-state index contributed by atoms with van der Waals surface area (Å²) in [5, 5.41) is 0. The zero-order valence-corrected chi connectivity index (χ0v) is 15.2. The van der Waals surface area contributed by atoms with Gasteiger partial charge in [0, 0.05) is 24.8 Å². The van der Waals surface area contributed by atoms with Gasteiger partial charge in [0.1, 0.15) is 0 Å². The molecule has 0 saturated carbocycles. The van der Waals surface area contributed by atoms with Crippen molar-refractivity contribution in [2.45, 2.75) is 19.4 Å². The van der Waals surface area contributed by atoms with Crippen molar-refractivity contribution in [2.24, 2.45) is 0 Å². The number of nitrogens with zero attached hydrogens (tertiary/aromatic N) is 1. The third kappa shape index (κ3) is 4.92. The zero-order valence-electron chi connectivity index (χ0n) is 11.3. The Bertz CT molecular complexity index is 653. The van der Waals surface area contributed by atoms with Gasteiger partial charge in [-0.3, -0.25) is 9.59 Å². The number of amides is 1. The Kier molecular flexibility index (Phi) is 5.98. The van der Waals surface area contributed by atoms with Gasteiger partial charge in [-0.25, -0.2) is 0 Å². The number of rotatable bonds is 6. The molecular weight excluding hydrogens is 394 g/mol. The minimum atomic E-state index is -0.0347. The molecule has 0 unspecified atom stereocenters. The van der Waals surface area contributed by atoms with Crippen LogP contribution in [0.2, 0.25) is 4.34 Å². The molecule has 2 rings (SSSR count). The van der Waals surface area contributed by atoms with Crippen LogP contribution in [0.15, 0.2) is 28.1 Å². The predicted octanol–water partition coefficient (Wildman–Crippen LogP) is 4.85. The van der Waals surface area contributed by atoms with Crippen LogP contribution in [0, 0.1) is 0 Å². The minimum Gasteiger partial charge on any atom is -0.341 e. The van der Waals surface area contributed by atoms with Crippen molar-refractivity contribution in [1.82, 2.24) is 4.90 Å². The highest BCUT2D eigenvalue weighted by Gasteiger charge is 2.15. The highest BCUT2D eigenvalue weighted by molar-refractivity contribution is 9.11. The van der Waals surface area contributed by atoms with Gasteiger partial charge in [-0.1, -0.05) is 11.6 Å². The highest BCUT2D eigenvalue weighted by atomic mass is 79.9. The molecule has 0 atom stereocenters. The Morgan fingerprint density at radius 3 is 2.52 bits per heavy atom. The van der Waals surface area contributed by atoms with Gasteiger partial charge in [0.2, 0.25) is 5.91 Å². The molecule has 0 spiro atoms. The standard InChI is InChI=1S/C14H13BrClNO2S2/c1-17(8-9-2-5-12(15)20-9)14(19)7-3-10(18)11-4-6-13(16)21-11/h2,4-6H,3,7-8H2,1H3. The van der Waals surface area contributed by atoms with Crippen LogP contribution in [-0.4, -0.2) is 23.6 Å². The molecular formula is C14H13BrClNO2S2. The van der Waals surface area contributed by atoms with Crippen molar-refractivity contribution >= 4 is 61.9 Å². The summed E-state index contributed by atoms with van der Waals surface area (Å²) >= 11 is 12.0. The normalized spacial score (nSPS) is 10.6. The van der Waals surface area contributed by atoms with Crippen molar-refractivity contribution in [1.29, 1.82) is 0 Å². The van der Waals surface area contributed by atoms with Crippen molar-refractivity contribution < 1.29 is 9.59 Å². The lowest BCUT2D eigenvalue weighted by Gasteiger charge is -2.15. The Hall–Kier alpha value is -0.690. The second-order valence-corrected chi connectivity index (χ2v) is 8.75. The summed E-state index contributed by atoms with van der Waals surface area (Å²) in [5.74, 6) is -0.0666. The maximum absolute atomic E-state index is 12.0. The quantitative estimate of drug-likeness (QED) is 0.643. The molecule has 2 aromatic heterocycles. The van der Waals surface area contributed by atoms with Gasteiger partial charge in [0.15, 0.2) is 5.78 Å². The van der Waals surface area contributed by atoms with Crippen molar-refractivity contribution in [3.63, 3.8) is 0 Å². The molecule has 0 N–H and O–H groups in total. The predicted molar refractivity (Wildman–Crippen MR) is 91.4 cm³/mol.